The van der Waals surface area contributed by atoms with Crippen molar-refractivity contribution in [3.8, 4) is 23.0 Å². The van der Waals surface area contributed by atoms with Gasteiger partial charge < -0.3 is 40.1 Å². The normalized spacial score (nSPS) is 12.7. The van der Waals surface area contributed by atoms with Crippen molar-refractivity contribution in [1.29, 1.82) is 0 Å². The molecule has 0 aromatic heterocycles. The van der Waals surface area contributed by atoms with E-state index in [9.17, 15) is 39.6 Å². The van der Waals surface area contributed by atoms with E-state index in [1.54, 1.807) is 48.5 Å². The number of phenolic OH excluding ortho intramolecular Hbond substituents is 2. The van der Waals surface area contributed by atoms with Crippen LogP contribution in [0.5, 0.6) is 23.0 Å². The molecule has 12 heteroatoms. The Morgan fingerprint density at radius 2 is 0.507 bits per heavy atom. The number of ether oxygens (including phenoxy) is 2. The number of carbonyl (C=O) groups excluding carboxylic acids is 2. The fourth-order valence-corrected chi connectivity index (χ4v) is 8.12. The van der Waals surface area contributed by atoms with Gasteiger partial charge in [0, 0.05) is 57.7 Å². The molecular formula is C63H92O12. The van der Waals surface area contributed by atoms with E-state index in [4.69, 9.17) is 19.7 Å². The van der Waals surface area contributed by atoms with Crippen molar-refractivity contribution in [1.82, 2.24) is 0 Å². The predicted octanol–water partition coefficient (Wildman–Crippen LogP) is 14.4. The Balaban J connectivity index is 0.000000470. The number of aromatic carboxylic acids is 2. The Kier molecular flexibility index (Phi) is 20.3. The molecule has 0 aliphatic heterocycles. The molecule has 0 saturated carbocycles. The second kappa shape index (κ2) is 23.3. The minimum atomic E-state index is -1.03. The summed E-state index contributed by atoms with van der Waals surface area (Å²) in [4.78, 5) is 51.0. The van der Waals surface area contributed by atoms with Gasteiger partial charge in [-0.3, -0.25) is 0 Å². The summed E-state index contributed by atoms with van der Waals surface area (Å²) in [6.07, 6.45) is 0.500. The minimum absolute atomic E-state index is 0.0938. The van der Waals surface area contributed by atoms with E-state index in [2.05, 4.69) is 0 Å². The predicted molar refractivity (Wildman–Crippen MR) is 301 cm³/mol. The maximum atomic E-state index is 13.6. The molecule has 75 heavy (non-hydrogen) atoms. The molecule has 0 spiro atoms. The van der Waals surface area contributed by atoms with Gasteiger partial charge in [0.05, 0.1) is 22.3 Å². The van der Waals surface area contributed by atoms with Crippen LogP contribution in [0.25, 0.3) is 0 Å². The lowest BCUT2D eigenvalue weighted by Crippen LogP contribution is -2.24. The van der Waals surface area contributed by atoms with E-state index in [1.165, 1.54) is 0 Å². The first kappa shape index (κ1) is 65.4. The summed E-state index contributed by atoms with van der Waals surface area (Å²) in [6, 6.07) is 13.2. The molecule has 0 aliphatic rings. The summed E-state index contributed by atoms with van der Waals surface area (Å²) in [7, 11) is 0. The zero-order valence-corrected chi connectivity index (χ0v) is 49.9. The first-order chi connectivity index (χ1) is 33.5. The van der Waals surface area contributed by atoms with Crippen LogP contribution in [0.1, 0.15) is 259 Å². The summed E-state index contributed by atoms with van der Waals surface area (Å²) in [5, 5.41) is 57.3. The fraction of sp³-hybridized carbons (Fsp3) is 0.556. The molecule has 0 aliphatic carbocycles. The molecule has 12 nitrogen and oxygen atoms in total. The van der Waals surface area contributed by atoms with Crippen LogP contribution in [0.4, 0.5) is 0 Å². The molecule has 0 heterocycles. The van der Waals surface area contributed by atoms with E-state index in [1.807, 2.05) is 166 Å². The van der Waals surface area contributed by atoms with E-state index >= 15 is 0 Å². The van der Waals surface area contributed by atoms with Gasteiger partial charge in [0.25, 0.3) is 0 Å². The van der Waals surface area contributed by atoms with E-state index in [-0.39, 0.29) is 35.8 Å². The van der Waals surface area contributed by atoms with Crippen molar-refractivity contribution >= 4 is 23.9 Å². The average molecular weight is 1040 g/mol. The monoisotopic (exact) mass is 1040 g/mol. The van der Waals surface area contributed by atoms with Gasteiger partial charge in [0.2, 0.25) is 0 Å². The van der Waals surface area contributed by atoms with Gasteiger partial charge in [-0.05, 0) is 98.3 Å². The van der Waals surface area contributed by atoms with Gasteiger partial charge in [0.15, 0.2) is 0 Å². The lowest BCUT2D eigenvalue weighted by molar-refractivity contribution is 0.0684. The number of phenols is 2. The molecule has 0 amide bonds. The molecule has 4 aromatic rings. The Hall–Kier alpha value is -5.72. The summed E-state index contributed by atoms with van der Waals surface area (Å²) < 4.78 is 12.2. The number of benzene rings is 4. The molecular weight excluding hydrogens is 949 g/mol. The van der Waals surface area contributed by atoms with Crippen LogP contribution in [0, 0.1) is 0 Å². The molecule has 0 atom stereocenters. The molecule has 0 radical (unpaired) electrons. The van der Waals surface area contributed by atoms with Gasteiger partial charge >= 0.3 is 23.9 Å². The summed E-state index contributed by atoms with van der Waals surface area (Å²) in [6.45, 7) is 47.7. The molecule has 416 valence electrons. The SMILES string of the molecule is CC(C)(C)c1cc(C(=O)Oc2c(C(C)(C)C)cc(C(=O)O)cc2C(C)(C)C)cc(C(C)(C)C)c1O.CC(C)(C)c1cc(C(=O)Oc2c(C(C)(C)C)cc(C(=O)O)cc2C(C)(C)C)cc(C(C)(C)C)c1O.OCCCO. The second-order valence-electron chi connectivity index (χ2n) is 27.8. The maximum absolute atomic E-state index is 13.6. The topological polar surface area (TPSA) is 208 Å². The molecule has 0 unspecified atom stereocenters. The van der Waals surface area contributed by atoms with Crippen molar-refractivity contribution in [2.24, 2.45) is 0 Å². The number of carboxylic acid groups (broad SMARTS) is 2. The third kappa shape index (κ3) is 17.1. The van der Waals surface area contributed by atoms with Crippen LogP contribution in [0.3, 0.4) is 0 Å². The van der Waals surface area contributed by atoms with Crippen LogP contribution in [0.2, 0.25) is 0 Å². The number of hydrogen-bond donors (Lipinski definition) is 6. The van der Waals surface area contributed by atoms with Gasteiger partial charge in [0.1, 0.15) is 23.0 Å². The first-order valence-corrected chi connectivity index (χ1v) is 25.8. The van der Waals surface area contributed by atoms with Gasteiger partial charge in [-0.1, -0.05) is 166 Å². The van der Waals surface area contributed by atoms with Crippen molar-refractivity contribution in [3.63, 3.8) is 0 Å². The number of carbonyl (C=O) groups is 4. The molecule has 4 aromatic carbocycles. The Labute approximate surface area is 448 Å². The third-order valence-electron chi connectivity index (χ3n) is 12.5. The zero-order chi connectivity index (χ0) is 58.7. The Morgan fingerprint density at radius 1 is 0.333 bits per heavy atom. The minimum Gasteiger partial charge on any atom is -0.507 e. The summed E-state index contributed by atoms with van der Waals surface area (Å²) >= 11 is 0. The fourth-order valence-electron chi connectivity index (χ4n) is 8.12. The largest absolute Gasteiger partial charge is 0.507 e. The molecule has 6 N–H and O–H groups in total. The van der Waals surface area contributed by atoms with Crippen LogP contribution in [0.15, 0.2) is 48.5 Å². The number of aliphatic hydroxyl groups is 2. The van der Waals surface area contributed by atoms with Crippen molar-refractivity contribution in [2.75, 3.05) is 13.2 Å². The van der Waals surface area contributed by atoms with Crippen LogP contribution in [-0.4, -0.2) is 67.7 Å². The second-order valence-corrected chi connectivity index (χ2v) is 27.8. The Bertz CT molecular complexity index is 2390. The number of aliphatic hydroxyl groups excluding tert-OH is 2. The number of esters is 2. The van der Waals surface area contributed by atoms with E-state index < -0.39 is 67.2 Å². The van der Waals surface area contributed by atoms with E-state index in [0.29, 0.717) is 73.6 Å². The third-order valence-corrected chi connectivity index (χ3v) is 12.5. The summed E-state index contributed by atoms with van der Waals surface area (Å²) in [5.74, 6) is -1.97. The quantitative estimate of drug-likeness (QED) is 0.0720. The lowest BCUT2D eigenvalue weighted by Gasteiger charge is -2.30. The summed E-state index contributed by atoms with van der Waals surface area (Å²) in [5.41, 5.74) is 2.87. The van der Waals surface area contributed by atoms with Crippen molar-refractivity contribution < 1.29 is 59.3 Å². The highest BCUT2D eigenvalue weighted by Crippen LogP contribution is 2.46. The average Bonchev–Trinajstić information content (AvgIpc) is 3.21. The standard InChI is InChI=1S/2C30H42O5.C3H8O2/c2*1-27(2,3)19-15-18(16-20(23(19)31)28(4,5)6)26(34)35-24-21(29(7,8)9)13-17(25(32)33)14-22(24)30(10,11)12;4-2-1-3-5/h2*13-16,31H,1-12H3,(H,32,33);4-5H,1-3H2. The Morgan fingerprint density at radius 3 is 0.640 bits per heavy atom. The molecule has 0 saturated heterocycles. The lowest BCUT2D eigenvalue weighted by atomic mass is 9.78. The van der Waals surface area contributed by atoms with Crippen molar-refractivity contribution in [3.05, 3.63) is 115 Å². The number of hydrogen-bond acceptors (Lipinski definition) is 10. The number of aromatic hydroxyl groups is 2. The van der Waals surface area contributed by atoms with Crippen LogP contribution < -0.4 is 9.47 Å². The molecule has 0 fully saturated rings. The number of carboxylic acids is 2. The highest BCUT2D eigenvalue weighted by Gasteiger charge is 2.35. The van der Waals surface area contributed by atoms with Crippen LogP contribution >= 0.6 is 0 Å². The van der Waals surface area contributed by atoms with E-state index in [0.717, 1.165) is 0 Å². The van der Waals surface area contributed by atoms with Gasteiger partial charge in [-0.2, -0.15) is 0 Å². The highest BCUT2D eigenvalue weighted by atomic mass is 16.5. The van der Waals surface area contributed by atoms with Crippen molar-refractivity contribution in [2.45, 2.75) is 216 Å². The van der Waals surface area contributed by atoms with Gasteiger partial charge in [-0.15, -0.1) is 0 Å². The van der Waals surface area contributed by atoms with Crippen LogP contribution in [-0.2, 0) is 43.3 Å². The molecule has 4 rings (SSSR count). The maximum Gasteiger partial charge on any atom is 0.343 e. The smallest absolute Gasteiger partial charge is 0.343 e. The van der Waals surface area contributed by atoms with Gasteiger partial charge in [-0.25, -0.2) is 19.2 Å². The first-order valence-electron chi connectivity index (χ1n) is 25.8. The molecule has 0 bridgehead atoms. The zero-order valence-electron chi connectivity index (χ0n) is 49.9. The number of rotatable bonds is 8. The highest BCUT2D eigenvalue weighted by molar-refractivity contribution is 5.95.